The lowest BCUT2D eigenvalue weighted by Crippen LogP contribution is -2.42. The molecule has 0 radical (unpaired) electrons. The number of methoxy groups -OCH3 is 1. The molecule has 1 aliphatic rings. The molecule has 3 aromatic rings. The molecule has 0 unspecified atom stereocenters. The fraction of sp³-hybridized carbons (Fsp3) is 0.375. The van der Waals surface area contributed by atoms with Gasteiger partial charge >= 0.3 is 6.36 Å². The molecule has 0 aliphatic carbocycles. The van der Waals surface area contributed by atoms with Crippen LogP contribution >= 0.6 is 11.5 Å². The summed E-state index contributed by atoms with van der Waals surface area (Å²) in [5.74, 6) is 0.289. The number of anilines is 1. The minimum absolute atomic E-state index is 0.244. The summed E-state index contributed by atoms with van der Waals surface area (Å²) in [6.45, 7) is 4.22. The summed E-state index contributed by atoms with van der Waals surface area (Å²) in [5.41, 5.74) is 4.03. The first-order chi connectivity index (χ1) is 15.8. The van der Waals surface area contributed by atoms with Crippen molar-refractivity contribution in [1.29, 1.82) is 0 Å². The average molecular weight is 478 g/mol. The van der Waals surface area contributed by atoms with Crippen molar-refractivity contribution < 1.29 is 22.6 Å². The Labute approximate surface area is 195 Å². The molecule has 1 N–H and O–H groups in total. The van der Waals surface area contributed by atoms with E-state index in [1.165, 1.54) is 53.0 Å². The number of ether oxygens (including phenoxy) is 2. The third kappa shape index (κ3) is 6.17. The van der Waals surface area contributed by atoms with E-state index in [0.717, 1.165) is 31.6 Å². The van der Waals surface area contributed by atoms with E-state index in [-0.39, 0.29) is 11.8 Å². The highest BCUT2D eigenvalue weighted by molar-refractivity contribution is 7.09. The molecule has 0 saturated carbocycles. The van der Waals surface area contributed by atoms with Gasteiger partial charge in [0.05, 0.1) is 17.7 Å². The van der Waals surface area contributed by atoms with Crippen molar-refractivity contribution in [1.82, 2.24) is 9.69 Å². The SMILES string of the molecule is COc1ccc(OC(F)(F)F)cc1CNC1CCN(c2ccc(-c3cc(C)ns3)cc2)CC1. The van der Waals surface area contributed by atoms with Crippen LogP contribution in [-0.2, 0) is 6.54 Å². The lowest BCUT2D eigenvalue weighted by atomic mass is 10.0. The van der Waals surface area contributed by atoms with Crippen LogP contribution in [0.4, 0.5) is 18.9 Å². The van der Waals surface area contributed by atoms with Gasteiger partial charge in [0, 0.05) is 36.9 Å². The van der Waals surface area contributed by atoms with Crippen LogP contribution < -0.4 is 19.7 Å². The number of hydrogen-bond donors (Lipinski definition) is 1. The van der Waals surface area contributed by atoms with Crippen LogP contribution in [0.15, 0.2) is 48.5 Å². The van der Waals surface area contributed by atoms with E-state index < -0.39 is 6.36 Å². The second kappa shape index (κ2) is 10.0. The highest BCUT2D eigenvalue weighted by Gasteiger charge is 2.31. The van der Waals surface area contributed by atoms with Gasteiger partial charge in [-0.2, -0.15) is 4.37 Å². The molecule has 9 heteroatoms. The van der Waals surface area contributed by atoms with Crippen molar-refractivity contribution in [3.05, 3.63) is 59.8 Å². The number of halogens is 3. The molecule has 1 fully saturated rings. The van der Waals surface area contributed by atoms with Gasteiger partial charge in [-0.25, -0.2) is 0 Å². The number of hydrogen-bond acceptors (Lipinski definition) is 6. The van der Waals surface area contributed by atoms with E-state index in [1.54, 1.807) is 0 Å². The largest absolute Gasteiger partial charge is 0.573 e. The standard InChI is InChI=1S/C24H26F3N3O2S/c1-16-13-23(33-29-16)17-3-5-20(6-4-17)30-11-9-19(10-12-30)28-15-18-14-21(32-24(25,26)27)7-8-22(18)31-2/h3-8,13-14,19,28H,9-12,15H2,1-2H3. The first-order valence-electron chi connectivity index (χ1n) is 10.8. The van der Waals surface area contributed by atoms with Crippen LogP contribution in [0.1, 0.15) is 24.1 Å². The quantitative estimate of drug-likeness (QED) is 0.467. The number of nitrogens with one attached hydrogen (secondary N) is 1. The number of piperidine rings is 1. The zero-order valence-electron chi connectivity index (χ0n) is 18.5. The monoisotopic (exact) mass is 477 g/mol. The smallest absolute Gasteiger partial charge is 0.496 e. The topological polar surface area (TPSA) is 46.6 Å². The lowest BCUT2D eigenvalue weighted by molar-refractivity contribution is -0.274. The zero-order valence-corrected chi connectivity index (χ0v) is 19.3. The summed E-state index contributed by atoms with van der Waals surface area (Å²) in [7, 11) is 1.50. The molecule has 1 aliphatic heterocycles. The van der Waals surface area contributed by atoms with Gasteiger partial charge in [0.25, 0.3) is 0 Å². The van der Waals surface area contributed by atoms with Crippen LogP contribution in [0.5, 0.6) is 11.5 Å². The number of rotatable bonds is 7. The van der Waals surface area contributed by atoms with Gasteiger partial charge in [-0.15, -0.1) is 13.2 Å². The summed E-state index contributed by atoms with van der Waals surface area (Å²) >= 11 is 1.51. The molecule has 2 aromatic carbocycles. The van der Waals surface area contributed by atoms with Crippen molar-refractivity contribution in [2.45, 2.75) is 38.7 Å². The third-order valence-electron chi connectivity index (χ3n) is 5.71. The van der Waals surface area contributed by atoms with Crippen molar-refractivity contribution >= 4 is 17.2 Å². The first kappa shape index (κ1) is 23.4. The van der Waals surface area contributed by atoms with E-state index >= 15 is 0 Å². The number of alkyl halides is 3. The molecule has 176 valence electrons. The Morgan fingerprint density at radius 1 is 1.09 bits per heavy atom. The summed E-state index contributed by atoms with van der Waals surface area (Å²) in [6, 6.07) is 15.1. The number of aryl methyl sites for hydroxylation is 1. The molecule has 33 heavy (non-hydrogen) atoms. The minimum Gasteiger partial charge on any atom is -0.496 e. The molecule has 4 rings (SSSR count). The zero-order chi connectivity index (χ0) is 23.4. The molecule has 0 atom stereocenters. The summed E-state index contributed by atoms with van der Waals surface area (Å²) in [5, 5.41) is 3.46. The predicted molar refractivity (Wildman–Crippen MR) is 124 cm³/mol. The lowest BCUT2D eigenvalue weighted by Gasteiger charge is -2.34. The number of benzene rings is 2. The van der Waals surface area contributed by atoms with E-state index in [4.69, 9.17) is 4.74 Å². The van der Waals surface area contributed by atoms with E-state index in [9.17, 15) is 13.2 Å². The molecule has 0 bridgehead atoms. The van der Waals surface area contributed by atoms with Crippen LogP contribution in [0, 0.1) is 6.92 Å². The fourth-order valence-electron chi connectivity index (χ4n) is 4.02. The van der Waals surface area contributed by atoms with Gasteiger partial charge in [0.15, 0.2) is 0 Å². The average Bonchev–Trinajstić information content (AvgIpc) is 3.23. The molecule has 1 saturated heterocycles. The summed E-state index contributed by atoms with van der Waals surface area (Å²) in [6.07, 6.45) is -2.84. The Kier molecular flexibility index (Phi) is 7.09. The van der Waals surface area contributed by atoms with Gasteiger partial charge < -0.3 is 19.7 Å². The van der Waals surface area contributed by atoms with E-state index in [2.05, 4.69) is 49.7 Å². The van der Waals surface area contributed by atoms with E-state index in [1.807, 2.05) is 6.92 Å². The molecule has 0 amide bonds. The Bertz CT molecular complexity index is 1060. The third-order valence-corrected chi connectivity index (χ3v) is 6.64. The van der Waals surface area contributed by atoms with Crippen LogP contribution in [-0.4, -0.2) is 37.0 Å². The molecule has 1 aromatic heterocycles. The minimum atomic E-state index is -4.72. The van der Waals surface area contributed by atoms with Gasteiger partial charge in [-0.3, -0.25) is 0 Å². The number of nitrogens with zero attached hydrogens (tertiary/aromatic N) is 2. The highest BCUT2D eigenvalue weighted by Crippen LogP contribution is 2.30. The Morgan fingerprint density at radius 2 is 1.82 bits per heavy atom. The predicted octanol–water partition coefficient (Wildman–Crippen LogP) is 5.78. The summed E-state index contributed by atoms with van der Waals surface area (Å²) < 4.78 is 51.3. The normalized spacial score (nSPS) is 15.0. The van der Waals surface area contributed by atoms with Gasteiger partial charge in [-0.1, -0.05) is 12.1 Å². The Balaban J connectivity index is 1.31. The van der Waals surface area contributed by atoms with Crippen LogP contribution in [0.25, 0.3) is 10.4 Å². The second-order valence-electron chi connectivity index (χ2n) is 8.04. The van der Waals surface area contributed by atoms with Crippen molar-refractivity contribution in [2.24, 2.45) is 0 Å². The van der Waals surface area contributed by atoms with Gasteiger partial charge in [0.2, 0.25) is 0 Å². The van der Waals surface area contributed by atoms with Gasteiger partial charge in [0.1, 0.15) is 11.5 Å². The van der Waals surface area contributed by atoms with Crippen molar-refractivity contribution in [2.75, 3.05) is 25.1 Å². The van der Waals surface area contributed by atoms with E-state index in [0.29, 0.717) is 17.9 Å². The van der Waals surface area contributed by atoms with Gasteiger partial charge in [-0.05, 0) is 73.3 Å². The highest BCUT2D eigenvalue weighted by atomic mass is 32.1. The van der Waals surface area contributed by atoms with Crippen molar-refractivity contribution in [3.8, 4) is 21.9 Å². The maximum atomic E-state index is 12.5. The second-order valence-corrected chi connectivity index (χ2v) is 8.85. The van der Waals surface area contributed by atoms with Crippen molar-refractivity contribution in [3.63, 3.8) is 0 Å². The molecule has 0 spiro atoms. The first-order valence-corrected chi connectivity index (χ1v) is 11.5. The Hall–Kier alpha value is -2.78. The molecular formula is C24H26F3N3O2S. The maximum absolute atomic E-state index is 12.5. The van der Waals surface area contributed by atoms with Crippen LogP contribution in [0.3, 0.4) is 0 Å². The maximum Gasteiger partial charge on any atom is 0.573 e. The summed E-state index contributed by atoms with van der Waals surface area (Å²) in [4.78, 5) is 3.53. The molecule has 5 nitrogen and oxygen atoms in total. The number of aromatic nitrogens is 1. The molecular weight excluding hydrogens is 451 g/mol. The fourth-order valence-corrected chi connectivity index (χ4v) is 4.78. The Morgan fingerprint density at radius 3 is 2.42 bits per heavy atom. The molecule has 2 heterocycles. The van der Waals surface area contributed by atoms with Crippen LogP contribution in [0.2, 0.25) is 0 Å².